The second-order valence-corrected chi connectivity index (χ2v) is 9.63. The summed E-state index contributed by atoms with van der Waals surface area (Å²) < 4.78 is 16.4. The van der Waals surface area contributed by atoms with Gasteiger partial charge < -0.3 is 9.80 Å². The maximum absolute atomic E-state index is 13.4. The largest absolute Gasteiger partial charge is 0.346 e. The van der Waals surface area contributed by atoms with Crippen molar-refractivity contribution in [1.29, 1.82) is 0 Å². The Morgan fingerprint density at radius 1 is 1.09 bits per heavy atom. The number of fused-ring (bicyclic) bond motifs is 1. The lowest BCUT2D eigenvalue weighted by Gasteiger charge is -2.22. The van der Waals surface area contributed by atoms with Crippen molar-refractivity contribution >= 4 is 44.3 Å². The Morgan fingerprint density at radius 3 is 2.73 bits per heavy atom. The van der Waals surface area contributed by atoms with Crippen molar-refractivity contribution in [1.82, 2.24) is 19.7 Å². The fourth-order valence-corrected chi connectivity index (χ4v) is 5.43. The van der Waals surface area contributed by atoms with Crippen LogP contribution >= 0.6 is 22.9 Å². The van der Waals surface area contributed by atoms with Gasteiger partial charge in [-0.25, -0.2) is 9.07 Å². The molecule has 0 spiro atoms. The highest BCUT2D eigenvalue weighted by molar-refractivity contribution is 7.22. The Balaban J connectivity index is 1.38. The maximum Gasteiger partial charge on any atom is 0.255 e. The molecule has 6 nitrogen and oxygen atoms in total. The molecule has 0 unspecified atom stereocenters. The molecule has 33 heavy (non-hydrogen) atoms. The Labute approximate surface area is 200 Å². The summed E-state index contributed by atoms with van der Waals surface area (Å²) in [6, 6.07) is 12.1. The number of benzene rings is 2. The van der Waals surface area contributed by atoms with Crippen LogP contribution in [0.3, 0.4) is 0 Å². The summed E-state index contributed by atoms with van der Waals surface area (Å²) in [6.07, 6.45) is 0.809. The standard InChI is InChI=1S/C24H23ClFN5OS/c1-15-5-3-6-18(13-15)31-22-21(16(2)28-31)33-24(27-22)30-10-4-9-29(11-12-30)23(32)19-8-7-17(26)14-20(19)25/h3,5-8,13-14H,4,9-12H2,1-2H3. The molecule has 3 heterocycles. The van der Waals surface area contributed by atoms with Gasteiger partial charge in [-0.1, -0.05) is 35.1 Å². The molecule has 1 aliphatic rings. The smallest absolute Gasteiger partial charge is 0.255 e. The number of hydrogen-bond acceptors (Lipinski definition) is 5. The molecular formula is C24H23ClFN5OS. The van der Waals surface area contributed by atoms with Crippen LogP contribution in [0.25, 0.3) is 16.0 Å². The number of nitrogens with zero attached hydrogens (tertiary/aromatic N) is 5. The van der Waals surface area contributed by atoms with E-state index in [0.29, 0.717) is 25.2 Å². The van der Waals surface area contributed by atoms with Gasteiger partial charge in [0.25, 0.3) is 5.91 Å². The molecule has 0 saturated carbocycles. The van der Waals surface area contributed by atoms with Crippen molar-refractivity contribution < 1.29 is 9.18 Å². The number of amides is 1. The highest BCUT2D eigenvalue weighted by atomic mass is 35.5. The zero-order valence-corrected chi connectivity index (χ0v) is 20.0. The lowest BCUT2D eigenvalue weighted by molar-refractivity contribution is 0.0767. The molecule has 1 fully saturated rings. The first-order valence-electron chi connectivity index (χ1n) is 10.8. The summed E-state index contributed by atoms with van der Waals surface area (Å²) in [5.41, 5.74) is 4.30. The summed E-state index contributed by atoms with van der Waals surface area (Å²) >= 11 is 7.75. The van der Waals surface area contributed by atoms with E-state index in [9.17, 15) is 9.18 Å². The third-order valence-electron chi connectivity index (χ3n) is 5.84. The van der Waals surface area contributed by atoms with E-state index in [1.54, 1.807) is 16.2 Å². The van der Waals surface area contributed by atoms with Crippen LogP contribution in [0.15, 0.2) is 42.5 Å². The molecule has 2 aromatic heterocycles. The van der Waals surface area contributed by atoms with Crippen LogP contribution in [-0.2, 0) is 0 Å². The Morgan fingerprint density at radius 2 is 1.94 bits per heavy atom. The minimum atomic E-state index is -0.450. The Hall–Kier alpha value is -2.97. The van der Waals surface area contributed by atoms with Gasteiger partial charge in [-0.3, -0.25) is 4.79 Å². The molecule has 170 valence electrons. The fraction of sp³-hybridized carbons (Fsp3) is 0.292. The highest BCUT2D eigenvalue weighted by Gasteiger charge is 2.25. The van der Waals surface area contributed by atoms with Gasteiger partial charge in [0.15, 0.2) is 10.8 Å². The van der Waals surface area contributed by atoms with E-state index in [1.165, 1.54) is 23.8 Å². The zero-order chi connectivity index (χ0) is 23.1. The van der Waals surface area contributed by atoms with Gasteiger partial charge in [-0.15, -0.1) is 0 Å². The van der Waals surface area contributed by atoms with E-state index < -0.39 is 5.82 Å². The van der Waals surface area contributed by atoms with Gasteiger partial charge in [-0.2, -0.15) is 10.1 Å². The molecule has 9 heteroatoms. The van der Waals surface area contributed by atoms with Gasteiger partial charge in [-0.05, 0) is 56.2 Å². The third-order valence-corrected chi connectivity index (χ3v) is 7.37. The number of aryl methyl sites for hydroxylation is 2. The second kappa shape index (κ2) is 8.76. The van der Waals surface area contributed by atoms with E-state index >= 15 is 0 Å². The monoisotopic (exact) mass is 483 g/mol. The van der Waals surface area contributed by atoms with Crippen molar-refractivity contribution in [2.45, 2.75) is 20.3 Å². The number of thiazole rings is 1. The minimum Gasteiger partial charge on any atom is -0.346 e. The van der Waals surface area contributed by atoms with Gasteiger partial charge in [0.05, 0.1) is 26.7 Å². The van der Waals surface area contributed by atoms with Gasteiger partial charge in [0, 0.05) is 26.2 Å². The van der Waals surface area contributed by atoms with Crippen LogP contribution in [0.1, 0.15) is 28.0 Å². The lowest BCUT2D eigenvalue weighted by Crippen LogP contribution is -2.35. The van der Waals surface area contributed by atoms with E-state index in [0.717, 1.165) is 39.8 Å². The summed E-state index contributed by atoms with van der Waals surface area (Å²) in [5.74, 6) is -0.619. The SMILES string of the molecule is Cc1cccc(-n2nc(C)c3sc(N4CCCN(C(=O)c5ccc(F)cc5Cl)CC4)nc32)c1. The molecule has 0 aliphatic carbocycles. The zero-order valence-electron chi connectivity index (χ0n) is 18.4. The van der Waals surface area contributed by atoms with E-state index in [-0.39, 0.29) is 10.9 Å². The van der Waals surface area contributed by atoms with Gasteiger partial charge in [0.1, 0.15) is 5.82 Å². The van der Waals surface area contributed by atoms with Crippen molar-refractivity contribution in [3.05, 3.63) is 70.1 Å². The molecule has 4 aromatic rings. The normalized spacial score (nSPS) is 14.7. The van der Waals surface area contributed by atoms with Crippen LogP contribution in [0.5, 0.6) is 0 Å². The van der Waals surface area contributed by atoms with Crippen molar-refractivity contribution in [3.8, 4) is 5.69 Å². The molecular weight excluding hydrogens is 461 g/mol. The van der Waals surface area contributed by atoms with Crippen LogP contribution < -0.4 is 4.90 Å². The molecule has 1 aliphatic heterocycles. The number of anilines is 1. The number of carbonyl (C=O) groups excluding carboxylic acids is 1. The molecule has 5 rings (SSSR count). The number of aromatic nitrogens is 3. The predicted molar refractivity (Wildman–Crippen MR) is 130 cm³/mol. The minimum absolute atomic E-state index is 0.142. The van der Waals surface area contributed by atoms with Crippen molar-refractivity contribution in [2.75, 3.05) is 31.1 Å². The molecule has 0 bridgehead atoms. The molecule has 0 N–H and O–H groups in total. The van der Waals surface area contributed by atoms with E-state index in [4.69, 9.17) is 21.7 Å². The number of hydrogen-bond donors (Lipinski definition) is 0. The topological polar surface area (TPSA) is 54.3 Å². The Bertz CT molecular complexity index is 1350. The van der Waals surface area contributed by atoms with Crippen LogP contribution in [-0.4, -0.2) is 51.8 Å². The fourth-order valence-electron chi connectivity index (χ4n) is 4.14. The van der Waals surface area contributed by atoms with Gasteiger partial charge in [0.2, 0.25) is 0 Å². The molecule has 2 aromatic carbocycles. The van der Waals surface area contributed by atoms with Crippen LogP contribution in [0.2, 0.25) is 5.02 Å². The molecule has 0 atom stereocenters. The quantitative estimate of drug-likeness (QED) is 0.399. The average Bonchev–Trinajstić information content (AvgIpc) is 3.24. The maximum atomic E-state index is 13.4. The van der Waals surface area contributed by atoms with Crippen molar-refractivity contribution in [3.63, 3.8) is 0 Å². The molecule has 0 radical (unpaired) electrons. The number of carbonyl (C=O) groups is 1. The first-order valence-corrected chi connectivity index (χ1v) is 12.0. The highest BCUT2D eigenvalue weighted by Crippen LogP contribution is 2.33. The van der Waals surface area contributed by atoms with Crippen LogP contribution in [0.4, 0.5) is 9.52 Å². The molecule has 1 amide bonds. The number of rotatable bonds is 3. The van der Waals surface area contributed by atoms with E-state index in [1.807, 2.05) is 23.7 Å². The van der Waals surface area contributed by atoms with Crippen LogP contribution in [0, 0.1) is 19.7 Å². The summed E-state index contributed by atoms with van der Waals surface area (Å²) in [7, 11) is 0. The first-order chi connectivity index (χ1) is 15.9. The molecule has 1 saturated heterocycles. The first kappa shape index (κ1) is 21.9. The lowest BCUT2D eigenvalue weighted by atomic mass is 10.2. The van der Waals surface area contributed by atoms with Gasteiger partial charge >= 0.3 is 0 Å². The predicted octanol–water partition coefficient (Wildman–Crippen LogP) is 5.24. The third kappa shape index (κ3) is 4.20. The second-order valence-electron chi connectivity index (χ2n) is 8.24. The summed E-state index contributed by atoms with van der Waals surface area (Å²) in [5, 5.41) is 5.78. The number of halogens is 2. The Kier molecular flexibility index (Phi) is 5.80. The average molecular weight is 484 g/mol. The van der Waals surface area contributed by atoms with Crippen molar-refractivity contribution in [2.24, 2.45) is 0 Å². The van der Waals surface area contributed by atoms with E-state index in [2.05, 4.69) is 24.0 Å². The summed E-state index contributed by atoms with van der Waals surface area (Å²) in [4.78, 5) is 21.9. The summed E-state index contributed by atoms with van der Waals surface area (Å²) in [6.45, 7) is 6.69.